The summed E-state index contributed by atoms with van der Waals surface area (Å²) in [5.41, 5.74) is 4.26. The van der Waals surface area contributed by atoms with Crippen LogP contribution < -0.4 is 5.32 Å². The Kier molecular flexibility index (Phi) is 6.63. The van der Waals surface area contributed by atoms with Crippen molar-refractivity contribution >= 4 is 39.7 Å². The number of aromatic nitrogens is 2. The lowest BCUT2D eigenvalue weighted by Gasteiger charge is -2.08. The summed E-state index contributed by atoms with van der Waals surface area (Å²) < 4.78 is 0.786. The molecule has 0 spiro atoms. The van der Waals surface area contributed by atoms with Crippen LogP contribution in [0.25, 0.3) is 0 Å². The standard InChI is InChI=1S/C21H23N3OS2/c1-4-15-6-10-17(11-7-15)19(25)14(3)26-21-24-23-20(27-21)22-18-12-8-16(5-2)9-13-18/h6-14H,4-5H2,1-3H3,(H,22,23)/t14-/m0/s1. The molecule has 6 heteroatoms. The van der Waals surface area contributed by atoms with Crippen molar-refractivity contribution in [2.45, 2.75) is 43.2 Å². The molecule has 140 valence electrons. The second-order valence-corrected chi connectivity index (χ2v) is 8.79. The van der Waals surface area contributed by atoms with E-state index in [2.05, 4.69) is 41.5 Å². The van der Waals surface area contributed by atoms with E-state index < -0.39 is 0 Å². The number of thioether (sulfide) groups is 1. The lowest BCUT2D eigenvalue weighted by atomic mass is 10.1. The van der Waals surface area contributed by atoms with Crippen molar-refractivity contribution < 1.29 is 4.79 Å². The first kappa shape index (κ1) is 19.6. The van der Waals surface area contributed by atoms with E-state index in [-0.39, 0.29) is 11.0 Å². The number of aryl methyl sites for hydroxylation is 2. The van der Waals surface area contributed by atoms with Crippen molar-refractivity contribution in [3.8, 4) is 0 Å². The van der Waals surface area contributed by atoms with E-state index in [9.17, 15) is 4.79 Å². The minimum absolute atomic E-state index is 0.113. The summed E-state index contributed by atoms with van der Waals surface area (Å²) in [6, 6.07) is 16.1. The molecule has 1 atom stereocenters. The fourth-order valence-corrected chi connectivity index (χ4v) is 4.59. The van der Waals surface area contributed by atoms with E-state index in [1.54, 1.807) is 0 Å². The number of carbonyl (C=O) groups is 1. The highest BCUT2D eigenvalue weighted by Gasteiger charge is 2.19. The number of Topliss-reactive ketones (excluding diaryl/α,β-unsaturated/α-hetero) is 1. The van der Waals surface area contributed by atoms with Crippen molar-refractivity contribution in [1.29, 1.82) is 0 Å². The monoisotopic (exact) mass is 397 g/mol. The van der Waals surface area contributed by atoms with Crippen LogP contribution in [-0.2, 0) is 12.8 Å². The molecule has 27 heavy (non-hydrogen) atoms. The average Bonchev–Trinajstić information content (AvgIpc) is 3.14. The maximum Gasteiger partial charge on any atom is 0.210 e. The summed E-state index contributed by atoms with van der Waals surface area (Å²) in [5.74, 6) is 0.113. The van der Waals surface area contributed by atoms with Crippen molar-refractivity contribution in [3.63, 3.8) is 0 Å². The van der Waals surface area contributed by atoms with Gasteiger partial charge in [0.1, 0.15) is 0 Å². The number of anilines is 2. The quantitative estimate of drug-likeness (QED) is 0.386. The van der Waals surface area contributed by atoms with Crippen LogP contribution in [0.1, 0.15) is 42.3 Å². The zero-order valence-electron chi connectivity index (χ0n) is 15.7. The normalized spacial score (nSPS) is 12.0. The third-order valence-electron chi connectivity index (χ3n) is 4.31. The zero-order valence-corrected chi connectivity index (χ0v) is 17.4. The van der Waals surface area contributed by atoms with E-state index >= 15 is 0 Å². The molecule has 1 heterocycles. The molecule has 0 saturated heterocycles. The number of benzene rings is 2. The SMILES string of the molecule is CCc1ccc(Nc2nnc(S[C@@H](C)C(=O)c3ccc(CC)cc3)s2)cc1. The summed E-state index contributed by atoms with van der Waals surface area (Å²) in [4.78, 5) is 12.6. The van der Waals surface area contributed by atoms with E-state index in [1.165, 1.54) is 34.2 Å². The van der Waals surface area contributed by atoms with Crippen molar-refractivity contribution in [2.75, 3.05) is 5.32 Å². The average molecular weight is 398 g/mol. The molecule has 0 aliphatic rings. The smallest absolute Gasteiger partial charge is 0.210 e. The van der Waals surface area contributed by atoms with Crippen LogP contribution in [0.2, 0.25) is 0 Å². The summed E-state index contributed by atoms with van der Waals surface area (Å²) in [5, 5.41) is 12.2. The largest absolute Gasteiger partial charge is 0.330 e. The summed E-state index contributed by atoms with van der Waals surface area (Å²) in [6.45, 7) is 6.16. The summed E-state index contributed by atoms with van der Waals surface area (Å²) >= 11 is 2.91. The molecule has 3 rings (SSSR count). The minimum Gasteiger partial charge on any atom is -0.330 e. The molecule has 3 aromatic rings. The number of rotatable bonds is 8. The molecule has 0 radical (unpaired) electrons. The fraction of sp³-hybridized carbons (Fsp3) is 0.286. The Morgan fingerprint density at radius 3 is 2.19 bits per heavy atom. The molecule has 0 saturated carbocycles. The number of nitrogens with one attached hydrogen (secondary N) is 1. The van der Waals surface area contributed by atoms with Gasteiger partial charge in [-0.1, -0.05) is 73.3 Å². The molecule has 0 fully saturated rings. The van der Waals surface area contributed by atoms with E-state index in [4.69, 9.17) is 0 Å². The van der Waals surface area contributed by atoms with Gasteiger partial charge < -0.3 is 5.32 Å². The highest BCUT2D eigenvalue weighted by molar-refractivity contribution is 8.02. The zero-order chi connectivity index (χ0) is 19.2. The maximum atomic E-state index is 12.6. The van der Waals surface area contributed by atoms with Gasteiger partial charge in [0.15, 0.2) is 10.1 Å². The Labute approximate surface area is 168 Å². The summed E-state index contributed by atoms with van der Waals surface area (Å²) in [6.07, 6.45) is 1.99. The van der Waals surface area contributed by atoms with Gasteiger partial charge in [-0.25, -0.2) is 0 Å². The number of hydrogen-bond acceptors (Lipinski definition) is 6. The van der Waals surface area contributed by atoms with Crippen molar-refractivity contribution in [3.05, 3.63) is 65.2 Å². The molecule has 1 N–H and O–H groups in total. The third-order valence-corrected chi connectivity index (χ3v) is 6.34. The molecule has 0 aliphatic carbocycles. The van der Waals surface area contributed by atoms with Crippen molar-refractivity contribution in [2.24, 2.45) is 0 Å². The Morgan fingerprint density at radius 2 is 1.59 bits per heavy atom. The number of nitrogens with zero attached hydrogens (tertiary/aromatic N) is 2. The van der Waals surface area contributed by atoms with Gasteiger partial charge >= 0.3 is 0 Å². The van der Waals surface area contributed by atoms with Crippen LogP contribution in [0.5, 0.6) is 0 Å². The van der Waals surface area contributed by atoms with E-state index in [0.717, 1.165) is 33.6 Å². The Hall–Kier alpha value is -2.18. The highest BCUT2D eigenvalue weighted by atomic mass is 32.2. The van der Waals surface area contributed by atoms with Gasteiger partial charge in [-0.05, 0) is 43.0 Å². The lowest BCUT2D eigenvalue weighted by molar-refractivity contribution is 0.0994. The maximum absolute atomic E-state index is 12.6. The van der Waals surface area contributed by atoms with Gasteiger partial charge in [0, 0.05) is 11.3 Å². The lowest BCUT2D eigenvalue weighted by Crippen LogP contribution is -2.13. The van der Waals surface area contributed by atoms with E-state index in [1.807, 2.05) is 43.3 Å². The minimum atomic E-state index is -0.206. The molecule has 0 bridgehead atoms. The number of carbonyl (C=O) groups excluding carboxylic acids is 1. The molecule has 4 nitrogen and oxygen atoms in total. The first-order chi connectivity index (χ1) is 13.1. The molecule has 0 amide bonds. The third kappa shape index (κ3) is 5.17. The van der Waals surface area contributed by atoms with Gasteiger partial charge in [-0.3, -0.25) is 4.79 Å². The molecule has 1 aromatic heterocycles. The Balaban J connectivity index is 1.60. The van der Waals surface area contributed by atoms with E-state index in [0.29, 0.717) is 0 Å². The predicted molar refractivity (Wildman–Crippen MR) is 114 cm³/mol. The Bertz CT molecular complexity index is 889. The van der Waals surface area contributed by atoms with Crippen LogP contribution in [0.15, 0.2) is 52.9 Å². The first-order valence-corrected chi connectivity index (χ1v) is 10.8. The van der Waals surface area contributed by atoms with Gasteiger partial charge in [0.05, 0.1) is 5.25 Å². The molecule has 2 aromatic carbocycles. The second-order valence-electron chi connectivity index (χ2n) is 6.22. The fourth-order valence-electron chi connectivity index (χ4n) is 2.60. The second kappa shape index (κ2) is 9.15. The van der Waals surface area contributed by atoms with Gasteiger partial charge in [-0.15, -0.1) is 10.2 Å². The van der Waals surface area contributed by atoms with Gasteiger partial charge in [0.2, 0.25) is 5.13 Å². The Morgan fingerprint density at radius 1 is 1.00 bits per heavy atom. The van der Waals surface area contributed by atoms with Crippen molar-refractivity contribution in [1.82, 2.24) is 10.2 Å². The van der Waals surface area contributed by atoms with Crippen LogP contribution in [0.4, 0.5) is 10.8 Å². The number of ketones is 1. The van der Waals surface area contributed by atoms with Crippen LogP contribution in [0, 0.1) is 0 Å². The molecule has 0 unspecified atom stereocenters. The molecular formula is C21H23N3OS2. The topological polar surface area (TPSA) is 54.9 Å². The molecular weight excluding hydrogens is 374 g/mol. The number of hydrogen-bond donors (Lipinski definition) is 1. The van der Waals surface area contributed by atoms with Gasteiger partial charge in [0.25, 0.3) is 0 Å². The van der Waals surface area contributed by atoms with Gasteiger partial charge in [-0.2, -0.15) is 0 Å². The molecule has 0 aliphatic heterocycles. The van der Waals surface area contributed by atoms with Crippen LogP contribution in [0.3, 0.4) is 0 Å². The summed E-state index contributed by atoms with van der Waals surface area (Å²) in [7, 11) is 0. The van der Waals surface area contributed by atoms with Crippen LogP contribution >= 0.6 is 23.1 Å². The predicted octanol–water partition coefficient (Wildman–Crippen LogP) is 5.77. The highest BCUT2D eigenvalue weighted by Crippen LogP contribution is 2.31. The first-order valence-electron chi connectivity index (χ1n) is 9.08. The van der Waals surface area contributed by atoms with Crippen LogP contribution in [-0.4, -0.2) is 21.2 Å².